The molecule has 0 fully saturated rings. The number of hydrogen-bond acceptors (Lipinski definition) is 4. The molecule has 0 radical (unpaired) electrons. The van der Waals surface area contributed by atoms with E-state index in [1.807, 2.05) is 13.8 Å². The van der Waals surface area contributed by atoms with E-state index in [4.69, 9.17) is 5.73 Å². The predicted molar refractivity (Wildman–Crippen MR) is 47.8 cm³/mol. The SMILES string of the molecule is CC.CC(=O)c1cnc(N)nc1. The average Bonchev–Trinajstić information content (AvgIpc) is 2.09. The first kappa shape index (κ1) is 10.6. The molecule has 0 amide bonds. The minimum Gasteiger partial charge on any atom is -0.368 e. The van der Waals surface area contributed by atoms with E-state index >= 15 is 0 Å². The Morgan fingerprint density at radius 3 is 2.08 bits per heavy atom. The van der Waals surface area contributed by atoms with Crippen LogP contribution in [0.1, 0.15) is 31.1 Å². The van der Waals surface area contributed by atoms with Crippen molar-refractivity contribution in [3.05, 3.63) is 18.0 Å². The molecule has 4 heteroatoms. The molecule has 1 rings (SSSR count). The van der Waals surface area contributed by atoms with Gasteiger partial charge in [-0.3, -0.25) is 4.79 Å². The minimum atomic E-state index is -0.0556. The van der Waals surface area contributed by atoms with Gasteiger partial charge in [-0.1, -0.05) is 13.8 Å². The number of hydrogen-bond donors (Lipinski definition) is 1. The Bertz CT molecular complexity index is 243. The molecular weight excluding hydrogens is 154 g/mol. The molecule has 1 aromatic rings. The highest BCUT2D eigenvalue weighted by Gasteiger charge is 1.97. The largest absolute Gasteiger partial charge is 0.368 e. The highest BCUT2D eigenvalue weighted by Crippen LogP contribution is 1.96. The lowest BCUT2D eigenvalue weighted by Gasteiger charge is -1.92. The van der Waals surface area contributed by atoms with Crippen molar-refractivity contribution in [2.45, 2.75) is 20.8 Å². The Morgan fingerprint density at radius 1 is 1.33 bits per heavy atom. The van der Waals surface area contributed by atoms with Crippen molar-refractivity contribution >= 4 is 11.7 Å². The smallest absolute Gasteiger partial charge is 0.219 e. The second-order valence-electron chi connectivity index (χ2n) is 1.89. The van der Waals surface area contributed by atoms with Gasteiger partial charge in [-0.05, 0) is 6.92 Å². The summed E-state index contributed by atoms with van der Waals surface area (Å²) in [6.45, 7) is 5.45. The van der Waals surface area contributed by atoms with Gasteiger partial charge >= 0.3 is 0 Å². The Balaban J connectivity index is 0.000000561. The van der Waals surface area contributed by atoms with Gasteiger partial charge in [0.1, 0.15) is 0 Å². The van der Waals surface area contributed by atoms with Crippen LogP contribution in [0.15, 0.2) is 12.4 Å². The summed E-state index contributed by atoms with van der Waals surface area (Å²) in [5, 5.41) is 0. The third-order valence-corrected chi connectivity index (χ3v) is 1.08. The van der Waals surface area contributed by atoms with Crippen LogP contribution in [0.3, 0.4) is 0 Å². The molecule has 12 heavy (non-hydrogen) atoms. The monoisotopic (exact) mass is 167 g/mol. The standard InChI is InChI=1S/C6H7N3O.C2H6/c1-4(10)5-2-8-6(7)9-3-5;1-2/h2-3H,1H3,(H2,7,8,9);1-2H3. The summed E-state index contributed by atoms with van der Waals surface area (Å²) in [6.07, 6.45) is 2.81. The van der Waals surface area contributed by atoms with Gasteiger partial charge in [0.25, 0.3) is 0 Å². The summed E-state index contributed by atoms with van der Waals surface area (Å²) < 4.78 is 0. The topological polar surface area (TPSA) is 68.9 Å². The number of rotatable bonds is 1. The Morgan fingerprint density at radius 2 is 1.75 bits per heavy atom. The Labute approximate surface area is 71.8 Å². The lowest BCUT2D eigenvalue weighted by molar-refractivity contribution is 0.101. The molecule has 0 saturated carbocycles. The molecule has 0 saturated heterocycles. The van der Waals surface area contributed by atoms with Gasteiger partial charge in [-0.25, -0.2) is 9.97 Å². The average molecular weight is 167 g/mol. The number of ketones is 1. The maximum absolute atomic E-state index is 10.6. The van der Waals surface area contributed by atoms with Crippen molar-refractivity contribution in [2.75, 3.05) is 5.73 Å². The summed E-state index contributed by atoms with van der Waals surface area (Å²) >= 11 is 0. The van der Waals surface area contributed by atoms with Gasteiger partial charge < -0.3 is 5.73 Å². The van der Waals surface area contributed by atoms with Gasteiger partial charge in [0.15, 0.2) is 5.78 Å². The number of nitrogens with two attached hydrogens (primary N) is 1. The van der Waals surface area contributed by atoms with E-state index in [0.29, 0.717) is 5.56 Å². The summed E-state index contributed by atoms with van der Waals surface area (Å²) in [7, 11) is 0. The number of aromatic nitrogens is 2. The van der Waals surface area contributed by atoms with Gasteiger partial charge in [0, 0.05) is 12.4 Å². The molecule has 0 aliphatic heterocycles. The first-order chi connectivity index (χ1) is 5.70. The lowest BCUT2D eigenvalue weighted by Crippen LogP contribution is -1.98. The maximum Gasteiger partial charge on any atom is 0.219 e. The fraction of sp³-hybridized carbons (Fsp3) is 0.375. The summed E-state index contributed by atoms with van der Waals surface area (Å²) in [6, 6.07) is 0. The molecule has 0 aliphatic carbocycles. The van der Waals surface area contributed by atoms with E-state index in [9.17, 15) is 4.79 Å². The van der Waals surface area contributed by atoms with Crippen molar-refractivity contribution < 1.29 is 4.79 Å². The molecule has 4 nitrogen and oxygen atoms in total. The second-order valence-corrected chi connectivity index (χ2v) is 1.89. The summed E-state index contributed by atoms with van der Waals surface area (Å²) in [5.41, 5.74) is 5.67. The van der Waals surface area contributed by atoms with Crippen molar-refractivity contribution in [3.8, 4) is 0 Å². The molecule has 0 spiro atoms. The van der Waals surface area contributed by atoms with E-state index in [0.717, 1.165) is 0 Å². The zero-order valence-electron chi connectivity index (χ0n) is 7.53. The van der Waals surface area contributed by atoms with Gasteiger partial charge in [-0.2, -0.15) is 0 Å². The van der Waals surface area contributed by atoms with Crippen LogP contribution in [-0.4, -0.2) is 15.8 Å². The third kappa shape index (κ3) is 3.09. The minimum absolute atomic E-state index is 0.0556. The molecule has 0 unspecified atom stereocenters. The zero-order chi connectivity index (χ0) is 9.56. The van der Waals surface area contributed by atoms with Crippen molar-refractivity contribution in [3.63, 3.8) is 0 Å². The van der Waals surface area contributed by atoms with Crippen molar-refractivity contribution in [1.82, 2.24) is 9.97 Å². The van der Waals surface area contributed by atoms with Crippen LogP contribution in [0.2, 0.25) is 0 Å². The van der Waals surface area contributed by atoms with Gasteiger partial charge in [0.2, 0.25) is 5.95 Å². The van der Waals surface area contributed by atoms with E-state index in [-0.39, 0.29) is 11.7 Å². The number of Topliss-reactive ketones (excluding diaryl/α,β-unsaturated/α-hetero) is 1. The fourth-order valence-electron chi connectivity index (χ4n) is 0.520. The highest BCUT2D eigenvalue weighted by molar-refractivity contribution is 5.93. The van der Waals surface area contributed by atoms with Crippen LogP contribution in [0.5, 0.6) is 0 Å². The van der Waals surface area contributed by atoms with Crippen LogP contribution >= 0.6 is 0 Å². The third-order valence-electron chi connectivity index (χ3n) is 1.08. The molecule has 66 valence electrons. The van der Waals surface area contributed by atoms with E-state index in [1.54, 1.807) is 0 Å². The number of carbonyl (C=O) groups excluding carboxylic acids is 1. The van der Waals surface area contributed by atoms with Crippen LogP contribution in [-0.2, 0) is 0 Å². The number of nitrogens with zero attached hydrogens (tertiary/aromatic N) is 2. The molecular formula is C8H13N3O. The van der Waals surface area contributed by atoms with Crippen LogP contribution in [0.25, 0.3) is 0 Å². The molecule has 0 atom stereocenters. The summed E-state index contributed by atoms with van der Waals surface area (Å²) in [4.78, 5) is 17.9. The van der Waals surface area contributed by atoms with E-state index in [1.165, 1.54) is 19.3 Å². The number of anilines is 1. The molecule has 0 bridgehead atoms. The van der Waals surface area contributed by atoms with Crippen LogP contribution in [0, 0.1) is 0 Å². The number of nitrogen functional groups attached to an aromatic ring is 1. The molecule has 1 aromatic heterocycles. The van der Waals surface area contributed by atoms with Crippen molar-refractivity contribution in [2.24, 2.45) is 0 Å². The molecule has 0 aliphatic rings. The van der Waals surface area contributed by atoms with Crippen molar-refractivity contribution in [1.29, 1.82) is 0 Å². The van der Waals surface area contributed by atoms with Crippen LogP contribution in [0.4, 0.5) is 5.95 Å². The predicted octanol–water partition coefficient (Wildman–Crippen LogP) is 1.29. The van der Waals surface area contributed by atoms with E-state index in [2.05, 4.69) is 9.97 Å². The fourth-order valence-corrected chi connectivity index (χ4v) is 0.520. The molecule has 0 aromatic carbocycles. The Kier molecular flexibility index (Phi) is 4.60. The first-order valence-electron chi connectivity index (χ1n) is 3.78. The van der Waals surface area contributed by atoms with E-state index < -0.39 is 0 Å². The second kappa shape index (κ2) is 5.23. The maximum atomic E-state index is 10.6. The van der Waals surface area contributed by atoms with Gasteiger partial charge in [-0.15, -0.1) is 0 Å². The molecule has 2 N–H and O–H groups in total. The number of carbonyl (C=O) groups is 1. The summed E-state index contributed by atoms with van der Waals surface area (Å²) in [5.74, 6) is 0.130. The Hall–Kier alpha value is -1.45. The quantitative estimate of drug-likeness (QED) is 0.640. The van der Waals surface area contributed by atoms with Crippen LogP contribution < -0.4 is 5.73 Å². The molecule has 1 heterocycles. The van der Waals surface area contributed by atoms with Gasteiger partial charge in [0.05, 0.1) is 5.56 Å². The normalized spacial score (nSPS) is 8.25. The first-order valence-corrected chi connectivity index (χ1v) is 3.78. The highest BCUT2D eigenvalue weighted by atomic mass is 16.1. The lowest BCUT2D eigenvalue weighted by atomic mass is 10.2. The zero-order valence-corrected chi connectivity index (χ0v) is 7.53.